The van der Waals surface area contributed by atoms with E-state index in [4.69, 9.17) is 0 Å². The average molecular weight is 345 g/mol. The molecule has 1 aromatic rings. The Labute approximate surface area is 134 Å². The highest BCUT2D eigenvalue weighted by Crippen LogP contribution is 2.26. The third-order valence-corrected chi connectivity index (χ3v) is 4.61. The van der Waals surface area contributed by atoms with Crippen molar-refractivity contribution in [3.63, 3.8) is 0 Å². The van der Waals surface area contributed by atoms with Gasteiger partial charge in [-0.25, -0.2) is 0 Å². The van der Waals surface area contributed by atoms with Gasteiger partial charge in [0.25, 0.3) is 5.76 Å². The molecule has 1 aliphatic heterocycles. The molecule has 2 N–H and O–H groups in total. The number of hydrogen-bond acceptors (Lipinski definition) is 5. The topological polar surface area (TPSA) is 70.6 Å². The molecule has 0 aromatic heterocycles. The number of nitrogens with one attached hydrogen (secondary N) is 2. The third kappa shape index (κ3) is 4.70. The fourth-order valence-corrected chi connectivity index (χ4v) is 3.18. The summed E-state index contributed by atoms with van der Waals surface area (Å²) >= 11 is 1.65. The number of amides is 2. The van der Waals surface area contributed by atoms with Gasteiger partial charge in [0.15, 0.2) is 5.17 Å². The molecule has 1 aliphatic rings. The van der Waals surface area contributed by atoms with Crippen LogP contribution < -0.4 is 10.6 Å². The summed E-state index contributed by atoms with van der Waals surface area (Å²) in [5, 5.41) is 5.19. The molecule has 0 spiro atoms. The normalized spacial score (nSPS) is 19.5. The first-order valence-corrected chi connectivity index (χ1v) is 8.03. The summed E-state index contributed by atoms with van der Waals surface area (Å²) in [4.78, 5) is 27.8. The van der Waals surface area contributed by atoms with Crippen molar-refractivity contribution < 1.29 is 18.4 Å². The van der Waals surface area contributed by atoms with Gasteiger partial charge < -0.3 is 10.6 Å². The summed E-state index contributed by atoms with van der Waals surface area (Å²) in [5.74, 6) is -3.04. The average Bonchev–Trinajstić information content (AvgIpc) is 2.81. The Hall–Kier alpha value is -1.61. The maximum absolute atomic E-state index is 12.2. The first-order chi connectivity index (χ1) is 10.5. The number of anilines is 1. The highest BCUT2D eigenvalue weighted by atomic mass is 32.2. The zero-order valence-electron chi connectivity index (χ0n) is 11.5. The Morgan fingerprint density at radius 2 is 2.14 bits per heavy atom. The Balaban J connectivity index is 1.88. The van der Waals surface area contributed by atoms with Gasteiger partial charge in [0.1, 0.15) is 5.25 Å². The highest BCUT2D eigenvalue weighted by Gasteiger charge is 2.31. The Morgan fingerprint density at radius 1 is 1.45 bits per heavy atom. The Morgan fingerprint density at radius 3 is 2.68 bits per heavy atom. The number of hydrogen-bond donors (Lipinski definition) is 2. The SMILES string of the molecule is CN=C1NC(=O)[C@@H](CC(=O)Nc2ccc(SC(F)F)cc2)S1. The van der Waals surface area contributed by atoms with Gasteiger partial charge in [0, 0.05) is 24.1 Å². The molecule has 1 aromatic carbocycles. The van der Waals surface area contributed by atoms with Crippen LogP contribution in [0.25, 0.3) is 0 Å². The van der Waals surface area contributed by atoms with E-state index in [-0.39, 0.29) is 18.2 Å². The van der Waals surface area contributed by atoms with E-state index in [0.29, 0.717) is 27.5 Å². The molecule has 2 rings (SSSR count). The molecule has 0 saturated carbocycles. The fraction of sp³-hybridized carbons (Fsp3) is 0.308. The lowest BCUT2D eigenvalue weighted by Crippen LogP contribution is -2.28. The summed E-state index contributed by atoms with van der Waals surface area (Å²) in [6.45, 7) is 0. The van der Waals surface area contributed by atoms with E-state index in [1.54, 1.807) is 19.2 Å². The highest BCUT2D eigenvalue weighted by molar-refractivity contribution is 8.15. The molecule has 22 heavy (non-hydrogen) atoms. The third-order valence-electron chi connectivity index (χ3n) is 2.71. The first kappa shape index (κ1) is 16.8. The minimum Gasteiger partial charge on any atom is -0.326 e. The molecule has 118 valence electrons. The van der Waals surface area contributed by atoms with Crippen LogP contribution in [0.4, 0.5) is 14.5 Å². The molecule has 2 amide bonds. The van der Waals surface area contributed by atoms with Crippen molar-refractivity contribution in [3.05, 3.63) is 24.3 Å². The molecule has 0 unspecified atom stereocenters. The van der Waals surface area contributed by atoms with Crippen molar-refractivity contribution in [2.45, 2.75) is 22.3 Å². The largest absolute Gasteiger partial charge is 0.326 e. The zero-order chi connectivity index (χ0) is 16.1. The van der Waals surface area contributed by atoms with Crippen molar-refractivity contribution in [2.24, 2.45) is 4.99 Å². The second kappa shape index (κ2) is 7.59. The van der Waals surface area contributed by atoms with Gasteiger partial charge in [-0.05, 0) is 24.3 Å². The number of rotatable bonds is 5. The van der Waals surface area contributed by atoms with Crippen molar-refractivity contribution in [3.8, 4) is 0 Å². The molecular weight excluding hydrogens is 332 g/mol. The lowest BCUT2D eigenvalue weighted by Gasteiger charge is -2.08. The van der Waals surface area contributed by atoms with E-state index >= 15 is 0 Å². The van der Waals surface area contributed by atoms with Crippen molar-refractivity contribution in [2.75, 3.05) is 12.4 Å². The van der Waals surface area contributed by atoms with Gasteiger partial charge >= 0.3 is 0 Å². The van der Waals surface area contributed by atoms with E-state index in [1.165, 1.54) is 23.9 Å². The molecule has 1 atom stereocenters. The van der Waals surface area contributed by atoms with E-state index in [2.05, 4.69) is 15.6 Å². The van der Waals surface area contributed by atoms with Gasteiger partial charge in [-0.2, -0.15) is 8.78 Å². The van der Waals surface area contributed by atoms with Gasteiger partial charge in [0.2, 0.25) is 11.8 Å². The predicted molar refractivity (Wildman–Crippen MR) is 84.4 cm³/mol. The number of carbonyl (C=O) groups excluding carboxylic acids is 2. The molecule has 0 radical (unpaired) electrons. The summed E-state index contributed by atoms with van der Waals surface area (Å²) in [7, 11) is 1.56. The standard InChI is InChI=1S/C13H13F2N3O2S2/c1-16-13-18-11(20)9(22-13)6-10(19)17-7-2-4-8(5-3-7)21-12(14)15/h2-5,9,12H,6H2,1H3,(H,17,19)(H,16,18,20)/t9-/m1/s1. The summed E-state index contributed by atoms with van der Waals surface area (Å²) in [6, 6.07) is 6.10. The van der Waals surface area contributed by atoms with Gasteiger partial charge in [0.05, 0.1) is 0 Å². The lowest BCUT2D eigenvalue weighted by molar-refractivity contribution is -0.122. The van der Waals surface area contributed by atoms with Crippen LogP contribution in [-0.2, 0) is 9.59 Å². The van der Waals surface area contributed by atoms with Crippen LogP contribution in [0, 0.1) is 0 Å². The zero-order valence-corrected chi connectivity index (χ0v) is 13.1. The van der Waals surface area contributed by atoms with Crippen molar-refractivity contribution in [1.29, 1.82) is 0 Å². The van der Waals surface area contributed by atoms with E-state index in [1.807, 2.05) is 0 Å². The smallest absolute Gasteiger partial charge is 0.288 e. The number of nitrogens with zero attached hydrogens (tertiary/aromatic N) is 1. The van der Waals surface area contributed by atoms with Crippen LogP contribution in [0.15, 0.2) is 34.2 Å². The van der Waals surface area contributed by atoms with Crippen LogP contribution in [0.1, 0.15) is 6.42 Å². The van der Waals surface area contributed by atoms with Crippen LogP contribution in [0.2, 0.25) is 0 Å². The Bertz CT molecular complexity index is 593. The quantitative estimate of drug-likeness (QED) is 0.805. The first-order valence-electron chi connectivity index (χ1n) is 6.27. The molecule has 0 aliphatic carbocycles. The monoisotopic (exact) mass is 345 g/mol. The predicted octanol–water partition coefficient (Wildman–Crippen LogP) is 2.55. The Kier molecular flexibility index (Phi) is 5.78. The summed E-state index contributed by atoms with van der Waals surface area (Å²) in [6.07, 6.45) is 0.0169. The van der Waals surface area contributed by atoms with Crippen LogP contribution in [-0.4, -0.2) is 35.0 Å². The minimum absolute atomic E-state index is 0.0169. The summed E-state index contributed by atoms with van der Waals surface area (Å²) < 4.78 is 24.4. The molecule has 1 heterocycles. The lowest BCUT2D eigenvalue weighted by atomic mass is 10.2. The molecule has 9 heteroatoms. The van der Waals surface area contributed by atoms with Crippen molar-refractivity contribution in [1.82, 2.24) is 5.32 Å². The fourth-order valence-electron chi connectivity index (χ4n) is 1.75. The molecule has 5 nitrogen and oxygen atoms in total. The van der Waals surface area contributed by atoms with Crippen molar-refractivity contribution >= 4 is 46.2 Å². The van der Waals surface area contributed by atoms with Crippen LogP contribution in [0.5, 0.6) is 0 Å². The van der Waals surface area contributed by atoms with Gasteiger partial charge in [-0.15, -0.1) is 0 Å². The van der Waals surface area contributed by atoms with E-state index in [9.17, 15) is 18.4 Å². The molecule has 0 bridgehead atoms. The van der Waals surface area contributed by atoms with E-state index in [0.717, 1.165) is 0 Å². The molecule has 1 saturated heterocycles. The minimum atomic E-state index is -2.48. The second-order valence-electron chi connectivity index (χ2n) is 4.28. The number of benzene rings is 1. The van der Waals surface area contributed by atoms with Gasteiger partial charge in [-0.3, -0.25) is 14.6 Å². The molecule has 1 fully saturated rings. The van der Waals surface area contributed by atoms with E-state index < -0.39 is 11.0 Å². The van der Waals surface area contributed by atoms with Crippen LogP contribution >= 0.6 is 23.5 Å². The van der Waals surface area contributed by atoms with Gasteiger partial charge in [-0.1, -0.05) is 23.5 Å². The number of alkyl halides is 2. The second-order valence-corrected chi connectivity index (χ2v) is 6.53. The number of carbonyl (C=O) groups is 2. The maximum atomic E-state index is 12.2. The number of thioether (sulfide) groups is 2. The molecular formula is C13H13F2N3O2S2. The number of aliphatic imine (C=N–C) groups is 1. The number of amidine groups is 1. The summed E-state index contributed by atoms with van der Waals surface area (Å²) in [5.41, 5.74) is 0.497. The van der Waals surface area contributed by atoms with Crippen LogP contribution in [0.3, 0.4) is 0 Å². The maximum Gasteiger partial charge on any atom is 0.288 e. The number of halogens is 2.